The van der Waals surface area contributed by atoms with E-state index in [4.69, 9.17) is 5.11 Å². The third-order valence-corrected chi connectivity index (χ3v) is 9.55. The Labute approximate surface area is 168 Å². The summed E-state index contributed by atoms with van der Waals surface area (Å²) in [4.78, 5) is 23.0. The molecule has 0 saturated heterocycles. The van der Waals surface area contributed by atoms with Crippen molar-refractivity contribution in [3.63, 3.8) is 0 Å². The lowest BCUT2D eigenvalue weighted by molar-refractivity contribution is -0.137. The summed E-state index contributed by atoms with van der Waals surface area (Å²) in [5, 5.41) is 20.1. The molecule has 0 heterocycles. The average molecular weight is 389 g/mol. The summed E-state index contributed by atoms with van der Waals surface area (Å²) >= 11 is 0. The van der Waals surface area contributed by atoms with Crippen LogP contribution >= 0.6 is 0 Å². The standard InChI is InChI=1S/C24H36O4/c1-14(4-7-22(27)28)17-5-6-18-16-13-21(26)20-12-15(25)8-10-24(20,3)19(16)9-11-23(17,18)2/h12,14,16-19,21,26H,4-11,13H2,1-3H3,(H,27,28)/t14-,16+,17-,18+,19+,21+,23-,24-/m1/s1. The zero-order valence-corrected chi connectivity index (χ0v) is 17.6. The molecule has 0 spiro atoms. The smallest absolute Gasteiger partial charge is 0.303 e. The zero-order valence-electron chi connectivity index (χ0n) is 17.6. The summed E-state index contributed by atoms with van der Waals surface area (Å²) in [7, 11) is 0. The Morgan fingerprint density at radius 3 is 2.68 bits per heavy atom. The number of aliphatic hydroxyl groups is 1. The third kappa shape index (κ3) is 2.98. The molecule has 4 rings (SSSR count). The molecule has 4 aliphatic carbocycles. The zero-order chi connectivity index (χ0) is 20.3. The summed E-state index contributed by atoms with van der Waals surface area (Å²) < 4.78 is 0. The van der Waals surface area contributed by atoms with E-state index in [2.05, 4.69) is 20.8 Å². The molecule has 156 valence electrons. The number of ketones is 1. The Kier molecular flexibility index (Phi) is 5.01. The minimum atomic E-state index is -0.690. The number of carbonyl (C=O) groups excluding carboxylic acids is 1. The van der Waals surface area contributed by atoms with Gasteiger partial charge in [0.05, 0.1) is 6.10 Å². The predicted octanol–water partition coefficient (Wildman–Crippen LogP) is 4.61. The molecule has 4 aliphatic rings. The summed E-state index contributed by atoms with van der Waals surface area (Å²) in [5.74, 6) is 2.24. The van der Waals surface area contributed by atoms with Crippen LogP contribution in [-0.2, 0) is 9.59 Å². The lowest BCUT2D eigenvalue weighted by Gasteiger charge is -2.59. The predicted molar refractivity (Wildman–Crippen MR) is 108 cm³/mol. The van der Waals surface area contributed by atoms with E-state index in [9.17, 15) is 14.7 Å². The summed E-state index contributed by atoms with van der Waals surface area (Å²) in [5.41, 5.74) is 1.25. The van der Waals surface area contributed by atoms with Crippen molar-refractivity contribution in [2.45, 2.75) is 84.7 Å². The maximum atomic E-state index is 12.0. The van der Waals surface area contributed by atoms with Crippen molar-refractivity contribution < 1.29 is 19.8 Å². The molecule has 0 radical (unpaired) electrons. The summed E-state index contributed by atoms with van der Waals surface area (Å²) in [6.45, 7) is 7.00. The molecule has 4 nitrogen and oxygen atoms in total. The monoisotopic (exact) mass is 388 g/mol. The highest BCUT2D eigenvalue weighted by Crippen LogP contribution is 2.67. The van der Waals surface area contributed by atoms with Crippen molar-refractivity contribution in [1.82, 2.24) is 0 Å². The molecule has 0 aromatic rings. The second-order valence-electron chi connectivity index (χ2n) is 10.7. The second-order valence-corrected chi connectivity index (χ2v) is 10.7. The van der Waals surface area contributed by atoms with E-state index in [-0.39, 0.29) is 23.0 Å². The second kappa shape index (κ2) is 6.97. The number of hydrogen-bond acceptors (Lipinski definition) is 3. The molecule has 0 unspecified atom stereocenters. The van der Waals surface area contributed by atoms with E-state index in [0.717, 1.165) is 24.8 Å². The normalized spacial score (nSPS) is 46.2. The van der Waals surface area contributed by atoms with Gasteiger partial charge in [0.15, 0.2) is 5.78 Å². The highest BCUT2D eigenvalue weighted by atomic mass is 16.4. The van der Waals surface area contributed by atoms with Gasteiger partial charge in [-0.25, -0.2) is 0 Å². The number of fused-ring (bicyclic) bond motifs is 5. The fourth-order valence-electron chi connectivity index (χ4n) is 8.13. The van der Waals surface area contributed by atoms with Crippen LogP contribution in [0.2, 0.25) is 0 Å². The van der Waals surface area contributed by atoms with Crippen molar-refractivity contribution >= 4 is 11.8 Å². The van der Waals surface area contributed by atoms with Crippen LogP contribution in [0.3, 0.4) is 0 Å². The van der Waals surface area contributed by atoms with Gasteiger partial charge in [0, 0.05) is 12.8 Å². The van der Waals surface area contributed by atoms with E-state index < -0.39 is 12.1 Å². The van der Waals surface area contributed by atoms with Gasteiger partial charge in [0.1, 0.15) is 0 Å². The maximum Gasteiger partial charge on any atom is 0.303 e. The molecule has 0 amide bonds. The average Bonchev–Trinajstić information content (AvgIpc) is 2.99. The van der Waals surface area contributed by atoms with Gasteiger partial charge in [0.25, 0.3) is 0 Å². The molecular weight excluding hydrogens is 352 g/mol. The first-order chi connectivity index (χ1) is 13.2. The van der Waals surface area contributed by atoms with Crippen molar-refractivity contribution in [2.24, 2.45) is 40.4 Å². The van der Waals surface area contributed by atoms with E-state index in [1.807, 2.05) is 0 Å². The van der Waals surface area contributed by atoms with Gasteiger partial charge in [-0.2, -0.15) is 0 Å². The summed E-state index contributed by atoms with van der Waals surface area (Å²) in [6, 6.07) is 0. The molecule has 4 heteroatoms. The largest absolute Gasteiger partial charge is 0.481 e. The van der Waals surface area contributed by atoms with Crippen LogP contribution in [0, 0.1) is 40.4 Å². The molecule has 28 heavy (non-hydrogen) atoms. The van der Waals surface area contributed by atoms with Gasteiger partial charge in [0.2, 0.25) is 0 Å². The van der Waals surface area contributed by atoms with Crippen LogP contribution < -0.4 is 0 Å². The lowest BCUT2D eigenvalue weighted by atomic mass is 9.46. The van der Waals surface area contributed by atoms with Gasteiger partial charge in [-0.15, -0.1) is 0 Å². The Hall–Kier alpha value is -1.16. The Balaban J connectivity index is 1.58. The van der Waals surface area contributed by atoms with Gasteiger partial charge in [-0.3, -0.25) is 9.59 Å². The molecule has 0 bridgehead atoms. The maximum absolute atomic E-state index is 12.0. The van der Waals surface area contributed by atoms with E-state index in [1.54, 1.807) is 6.08 Å². The highest BCUT2D eigenvalue weighted by molar-refractivity contribution is 5.91. The number of aliphatic carboxylic acids is 1. The van der Waals surface area contributed by atoms with E-state index in [1.165, 1.54) is 25.7 Å². The minimum Gasteiger partial charge on any atom is -0.481 e. The van der Waals surface area contributed by atoms with Crippen molar-refractivity contribution in [3.8, 4) is 0 Å². The molecular formula is C24H36O4. The molecule has 3 saturated carbocycles. The third-order valence-electron chi connectivity index (χ3n) is 9.55. The van der Waals surface area contributed by atoms with Gasteiger partial charge in [-0.05, 0) is 97.0 Å². The van der Waals surface area contributed by atoms with Gasteiger partial charge in [-0.1, -0.05) is 20.8 Å². The summed E-state index contributed by atoms with van der Waals surface area (Å²) in [6.07, 6.45) is 9.42. The van der Waals surface area contributed by atoms with Gasteiger partial charge < -0.3 is 10.2 Å². The first-order valence-corrected chi connectivity index (χ1v) is 11.3. The quantitative estimate of drug-likeness (QED) is 0.738. The van der Waals surface area contributed by atoms with Crippen molar-refractivity contribution in [1.29, 1.82) is 0 Å². The minimum absolute atomic E-state index is 0.0232. The number of hydrogen-bond donors (Lipinski definition) is 2. The van der Waals surface area contributed by atoms with Crippen LogP contribution in [0.4, 0.5) is 0 Å². The topological polar surface area (TPSA) is 74.6 Å². The molecule has 0 aromatic carbocycles. The Morgan fingerprint density at radius 1 is 1.21 bits per heavy atom. The number of carbonyl (C=O) groups is 2. The van der Waals surface area contributed by atoms with Crippen LogP contribution in [0.25, 0.3) is 0 Å². The SMILES string of the molecule is C[C@H](CCC(=O)O)[C@H]1CC[C@H]2[C@@H]3C[C@H](O)C4=CC(=O)CC[C@]4(C)[C@H]3CC[C@]12C. The van der Waals surface area contributed by atoms with Crippen LogP contribution in [-0.4, -0.2) is 28.1 Å². The fraction of sp³-hybridized carbons (Fsp3) is 0.833. The molecule has 8 atom stereocenters. The highest BCUT2D eigenvalue weighted by Gasteiger charge is 2.60. The molecule has 2 N–H and O–H groups in total. The first-order valence-electron chi connectivity index (χ1n) is 11.3. The first kappa shape index (κ1) is 20.1. The molecule has 0 aliphatic heterocycles. The van der Waals surface area contributed by atoms with E-state index in [0.29, 0.717) is 36.0 Å². The van der Waals surface area contributed by atoms with E-state index >= 15 is 0 Å². The van der Waals surface area contributed by atoms with Crippen molar-refractivity contribution in [2.75, 3.05) is 0 Å². The van der Waals surface area contributed by atoms with Crippen LogP contribution in [0.1, 0.15) is 78.6 Å². The number of carboxylic acid groups (broad SMARTS) is 1. The number of carboxylic acids is 1. The molecule has 0 aromatic heterocycles. The van der Waals surface area contributed by atoms with Crippen LogP contribution in [0.15, 0.2) is 11.6 Å². The number of rotatable bonds is 4. The fourth-order valence-corrected chi connectivity index (χ4v) is 8.13. The van der Waals surface area contributed by atoms with Crippen LogP contribution in [0.5, 0.6) is 0 Å². The number of aliphatic hydroxyl groups excluding tert-OH is 1. The lowest BCUT2D eigenvalue weighted by Crippen LogP contribution is -2.54. The van der Waals surface area contributed by atoms with Gasteiger partial charge >= 0.3 is 5.97 Å². The Morgan fingerprint density at radius 2 is 1.96 bits per heavy atom. The molecule has 3 fully saturated rings. The Bertz CT molecular complexity index is 697. The van der Waals surface area contributed by atoms with Crippen molar-refractivity contribution in [3.05, 3.63) is 11.6 Å².